The van der Waals surface area contributed by atoms with Gasteiger partial charge in [0.1, 0.15) is 5.82 Å². The number of benzene rings is 1. The number of halogens is 1. The summed E-state index contributed by atoms with van der Waals surface area (Å²) < 4.78 is 12.9. The van der Waals surface area contributed by atoms with Crippen LogP contribution >= 0.6 is 11.3 Å². The third kappa shape index (κ3) is 3.48. The molecule has 1 fully saturated rings. The zero-order valence-corrected chi connectivity index (χ0v) is 14.2. The summed E-state index contributed by atoms with van der Waals surface area (Å²) >= 11 is 1.56. The number of thiophene rings is 1. The number of hydrogen-bond donors (Lipinski definition) is 1. The molecule has 2 amide bonds. The number of piperidine rings is 1. The van der Waals surface area contributed by atoms with Gasteiger partial charge >= 0.3 is 0 Å². The van der Waals surface area contributed by atoms with E-state index in [1.807, 2.05) is 17.5 Å². The molecule has 1 saturated heterocycles. The van der Waals surface area contributed by atoms with Crippen molar-refractivity contribution in [2.45, 2.75) is 25.4 Å². The summed E-state index contributed by atoms with van der Waals surface area (Å²) in [6.45, 7) is 0.352. The Kier molecular flexibility index (Phi) is 4.94. The predicted molar refractivity (Wildman–Crippen MR) is 90.8 cm³/mol. The van der Waals surface area contributed by atoms with Crippen LogP contribution in [-0.4, -0.2) is 23.8 Å². The maximum Gasteiger partial charge on any atom is 0.225 e. The number of carbonyl (C=O) groups is 2. The monoisotopic (exact) mass is 346 g/mol. The predicted octanol–water partition coefficient (Wildman–Crippen LogP) is 3.11. The maximum atomic E-state index is 12.9. The number of nitrogens with zero attached hydrogens (tertiary/aromatic N) is 1. The first-order valence-electron chi connectivity index (χ1n) is 7.87. The summed E-state index contributed by atoms with van der Waals surface area (Å²) in [5.41, 5.74) is 0.845. The van der Waals surface area contributed by atoms with Crippen LogP contribution in [0.15, 0.2) is 41.8 Å². The van der Waals surface area contributed by atoms with Gasteiger partial charge in [-0.25, -0.2) is 4.39 Å². The molecule has 4 nitrogen and oxygen atoms in total. The van der Waals surface area contributed by atoms with E-state index in [1.165, 1.54) is 12.1 Å². The third-order valence-corrected chi connectivity index (χ3v) is 5.36. The lowest BCUT2D eigenvalue weighted by molar-refractivity contribution is -0.141. The molecular weight excluding hydrogens is 327 g/mol. The molecule has 0 radical (unpaired) electrons. The molecule has 0 aliphatic carbocycles. The molecule has 2 aromatic rings. The van der Waals surface area contributed by atoms with Crippen molar-refractivity contribution in [2.75, 3.05) is 7.05 Å². The molecule has 3 rings (SSSR count). The van der Waals surface area contributed by atoms with Crippen LogP contribution in [0.4, 0.5) is 4.39 Å². The summed E-state index contributed by atoms with van der Waals surface area (Å²) in [6.07, 6.45) is 0.925. The first-order valence-corrected chi connectivity index (χ1v) is 8.75. The Bertz CT molecular complexity index is 715. The van der Waals surface area contributed by atoms with Gasteiger partial charge in [-0.1, -0.05) is 18.2 Å². The van der Waals surface area contributed by atoms with Gasteiger partial charge < -0.3 is 10.2 Å². The smallest absolute Gasteiger partial charge is 0.225 e. The Hall–Kier alpha value is -2.21. The molecule has 0 spiro atoms. The Morgan fingerprint density at radius 2 is 2.08 bits per heavy atom. The Balaban J connectivity index is 1.72. The topological polar surface area (TPSA) is 49.4 Å². The van der Waals surface area contributed by atoms with Gasteiger partial charge in [-0.3, -0.25) is 9.59 Å². The van der Waals surface area contributed by atoms with Crippen molar-refractivity contribution in [3.8, 4) is 0 Å². The third-order valence-electron chi connectivity index (χ3n) is 4.41. The van der Waals surface area contributed by atoms with Gasteiger partial charge in [0.25, 0.3) is 0 Å². The van der Waals surface area contributed by atoms with Crippen LogP contribution in [0.1, 0.15) is 29.3 Å². The first kappa shape index (κ1) is 16.6. The van der Waals surface area contributed by atoms with E-state index in [0.29, 0.717) is 19.4 Å². The molecule has 0 saturated carbocycles. The van der Waals surface area contributed by atoms with Gasteiger partial charge in [0.05, 0.1) is 12.0 Å². The number of nitrogens with one attached hydrogen (secondary N) is 1. The fourth-order valence-corrected chi connectivity index (χ4v) is 4.02. The van der Waals surface area contributed by atoms with Gasteiger partial charge in [-0.15, -0.1) is 11.3 Å². The van der Waals surface area contributed by atoms with Gasteiger partial charge in [0.15, 0.2) is 0 Å². The Morgan fingerprint density at radius 1 is 1.33 bits per heavy atom. The lowest BCUT2D eigenvalue weighted by atomic mass is 9.87. The standard InChI is InChI=1S/C18H19FN2O2S/c1-21-16(22)9-8-14(17(21)15-3-2-10-24-15)18(23)20-11-12-4-6-13(19)7-5-12/h2-7,10,14,17H,8-9,11H2,1H3,(H,20,23)/t14-,17-/m1/s1. The molecule has 0 unspecified atom stereocenters. The molecule has 1 N–H and O–H groups in total. The zero-order valence-electron chi connectivity index (χ0n) is 13.4. The molecule has 126 valence electrons. The van der Waals surface area contributed by atoms with Gasteiger partial charge in [-0.2, -0.15) is 0 Å². The van der Waals surface area contributed by atoms with Crippen molar-refractivity contribution >= 4 is 23.2 Å². The minimum absolute atomic E-state index is 0.0657. The van der Waals surface area contributed by atoms with Crippen LogP contribution in [0.2, 0.25) is 0 Å². The van der Waals surface area contributed by atoms with E-state index in [2.05, 4.69) is 5.32 Å². The van der Waals surface area contributed by atoms with E-state index in [0.717, 1.165) is 10.4 Å². The number of rotatable bonds is 4. The molecular formula is C18H19FN2O2S. The van der Waals surface area contributed by atoms with E-state index < -0.39 is 0 Å². The molecule has 1 aromatic carbocycles. The van der Waals surface area contributed by atoms with E-state index in [4.69, 9.17) is 0 Å². The SMILES string of the molecule is CN1C(=O)CC[C@@H](C(=O)NCc2ccc(F)cc2)[C@@H]1c1cccs1. The van der Waals surface area contributed by atoms with Crippen molar-refractivity contribution in [3.05, 3.63) is 58.0 Å². The van der Waals surface area contributed by atoms with E-state index in [9.17, 15) is 14.0 Å². The summed E-state index contributed by atoms with van der Waals surface area (Å²) in [4.78, 5) is 27.4. The van der Waals surface area contributed by atoms with Crippen molar-refractivity contribution in [1.29, 1.82) is 0 Å². The fourth-order valence-electron chi connectivity index (χ4n) is 3.08. The van der Waals surface area contributed by atoms with Crippen LogP contribution in [0.3, 0.4) is 0 Å². The van der Waals surface area contributed by atoms with Crippen molar-refractivity contribution in [2.24, 2.45) is 5.92 Å². The highest BCUT2D eigenvalue weighted by atomic mass is 32.1. The van der Waals surface area contributed by atoms with E-state index >= 15 is 0 Å². The molecule has 1 aliphatic rings. The number of amides is 2. The second kappa shape index (κ2) is 7.13. The second-order valence-electron chi connectivity index (χ2n) is 5.95. The van der Waals surface area contributed by atoms with Crippen molar-refractivity contribution < 1.29 is 14.0 Å². The largest absolute Gasteiger partial charge is 0.352 e. The summed E-state index contributed by atoms with van der Waals surface area (Å²) in [5, 5.41) is 4.87. The van der Waals surface area contributed by atoms with Crippen LogP contribution in [0.25, 0.3) is 0 Å². The van der Waals surface area contributed by atoms with E-state index in [1.54, 1.807) is 35.4 Å². The van der Waals surface area contributed by atoms with Crippen molar-refractivity contribution in [1.82, 2.24) is 10.2 Å². The minimum atomic E-state index is -0.296. The van der Waals surface area contributed by atoms with Crippen LogP contribution < -0.4 is 5.32 Å². The minimum Gasteiger partial charge on any atom is -0.352 e. The molecule has 2 atom stereocenters. The average molecular weight is 346 g/mol. The van der Waals surface area contributed by atoms with Gasteiger partial charge in [0, 0.05) is 24.9 Å². The quantitative estimate of drug-likeness (QED) is 0.925. The average Bonchev–Trinajstić information content (AvgIpc) is 3.10. The van der Waals surface area contributed by atoms with Gasteiger partial charge in [-0.05, 0) is 35.6 Å². The number of hydrogen-bond acceptors (Lipinski definition) is 3. The van der Waals surface area contributed by atoms with Crippen LogP contribution in [-0.2, 0) is 16.1 Å². The van der Waals surface area contributed by atoms with Crippen molar-refractivity contribution in [3.63, 3.8) is 0 Å². The Labute approximate surface area is 144 Å². The molecule has 24 heavy (non-hydrogen) atoms. The molecule has 1 aromatic heterocycles. The first-order chi connectivity index (χ1) is 11.6. The second-order valence-corrected chi connectivity index (χ2v) is 6.93. The summed E-state index contributed by atoms with van der Waals surface area (Å²) in [5.74, 6) is -0.574. The highest BCUT2D eigenvalue weighted by Crippen LogP contribution is 2.37. The lowest BCUT2D eigenvalue weighted by Crippen LogP contribution is -2.45. The van der Waals surface area contributed by atoms with E-state index in [-0.39, 0.29) is 29.6 Å². The normalized spacial score (nSPS) is 20.9. The molecule has 1 aliphatic heterocycles. The van der Waals surface area contributed by atoms with Crippen LogP contribution in [0.5, 0.6) is 0 Å². The highest BCUT2D eigenvalue weighted by molar-refractivity contribution is 7.10. The van der Waals surface area contributed by atoms with Crippen LogP contribution in [0, 0.1) is 11.7 Å². The summed E-state index contributed by atoms with van der Waals surface area (Å²) in [7, 11) is 1.76. The molecule has 0 bridgehead atoms. The number of carbonyl (C=O) groups excluding carboxylic acids is 2. The highest BCUT2D eigenvalue weighted by Gasteiger charge is 2.39. The maximum absolute atomic E-state index is 12.9. The zero-order chi connectivity index (χ0) is 17.1. The lowest BCUT2D eigenvalue weighted by Gasteiger charge is -2.37. The molecule has 2 heterocycles. The van der Waals surface area contributed by atoms with Gasteiger partial charge in [0.2, 0.25) is 11.8 Å². The summed E-state index contributed by atoms with van der Waals surface area (Å²) in [6, 6.07) is 9.74. The fraction of sp³-hybridized carbons (Fsp3) is 0.333. The Morgan fingerprint density at radius 3 is 2.75 bits per heavy atom. The number of likely N-dealkylation sites (tertiary alicyclic amines) is 1. The molecule has 6 heteroatoms.